The average molecular weight is 357 g/mol. The molecule has 0 radical (unpaired) electrons. The van der Waals surface area contributed by atoms with Crippen LogP contribution in [0.2, 0.25) is 0 Å². The fourth-order valence-corrected chi connectivity index (χ4v) is 3.39. The summed E-state index contributed by atoms with van der Waals surface area (Å²) in [6.45, 7) is 6.70. The van der Waals surface area contributed by atoms with E-state index in [4.69, 9.17) is 9.26 Å². The van der Waals surface area contributed by atoms with Gasteiger partial charge < -0.3 is 14.6 Å². The second-order valence-electron chi connectivity index (χ2n) is 7.17. The van der Waals surface area contributed by atoms with Crippen LogP contribution in [0.5, 0.6) is 5.75 Å². The van der Waals surface area contributed by atoms with Gasteiger partial charge in [-0.05, 0) is 50.9 Å². The van der Waals surface area contributed by atoms with Crippen molar-refractivity contribution in [1.29, 1.82) is 0 Å². The molecule has 1 N–H and O–H groups in total. The molecule has 140 valence electrons. The zero-order valence-corrected chi connectivity index (χ0v) is 15.7. The number of carbonyl (C=O) groups is 1. The van der Waals surface area contributed by atoms with Gasteiger partial charge in [-0.1, -0.05) is 17.3 Å². The lowest BCUT2D eigenvalue weighted by atomic mass is 9.94. The molecule has 2 aromatic rings. The highest BCUT2D eigenvalue weighted by molar-refractivity contribution is 5.91. The Labute approximate surface area is 154 Å². The van der Waals surface area contributed by atoms with Crippen molar-refractivity contribution in [3.8, 4) is 5.75 Å². The summed E-state index contributed by atoms with van der Waals surface area (Å²) in [7, 11) is 1.69. The van der Waals surface area contributed by atoms with Gasteiger partial charge in [-0.15, -0.1) is 0 Å². The SMILES string of the molecule is COc1cccc(CN2CCC[C@@H](c3cc(C(=O)NC(C)C)on3)C2)c1. The summed E-state index contributed by atoms with van der Waals surface area (Å²) in [6, 6.07) is 10.0. The quantitative estimate of drug-likeness (QED) is 0.860. The molecule has 26 heavy (non-hydrogen) atoms. The van der Waals surface area contributed by atoms with Gasteiger partial charge in [0.05, 0.1) is 12.8 Å². The number of aromatic nitrogens is 1. The van der Waals surface area contributed by atoms with Crippen LogP contribution in [-0.2, 0) is 6.54 Å². The number of likely N-dealkylation sites (tertiary alicyclic amines) is 1. The van der Waals surface area contributed by atoms with Crippen LogP contribution < -0.4 is 10.1 Å². The van der Waals surface area contributed by atoms with Gasteiger partial charge in [-0.2, -0.15) is 0 Å². The van der Waals surface area contributed by atoms with Crippen molar-refractivity contribution in [3.63, 3.8) is 0 Å². The van der Waals surface area contributed by atoms with E-state index in [9.17, 15) is 4.79 Å². The number of amides is 1. The van der Waals surface area contributed by atoms with E-state index in [0.717, 1.165) is 43.9 Å². The van der Waals surface area contributed by atoms with Gasteiger partial charge in [0.2, 0.25) is 5.76 Å². The summed E-state index contributed by atoms with van der Waals surface area (Å²) in [4.78, 5) is 14.5. The molecule has 0 bridgehead atoms. The molecule has 0 saturated carbocycles. The molecule has 2 heterocycles. The third-order valence-corrected chi connectivity index (χ3v) is 4.64. The van der Waals surface area contributed by atoms with E-state index in [-0.39, 0.29) is 11.9 Å². The number of benzene rings is 1. The van der Waals surface area contributed by atoms with Crippen molar-refractivity contribution < 1.29 is 14.1 Å². The van der Waals surface area contributed by atoms with Crippen LogP contribution in [0.4, 0.5) is 0 Å². The summed E-state index contributed by atoms with van der Waals surface area (Å²) >= 11 is 0. The van der Waals surface area contributed by atoms with Gasteiger partial charge in [-0.25, -0.2) is 0 Å². The molecule has 1 aromatic carbocycles. The lowest BCUT2D eigenvalue weighted by Crippen LogP contribution is -2.34. The van der Waals surface area contributed by atoms with Crippen LogP contribution in [0.25, 0.3) is 0 Å². The monoisotopic (exact) mass is 357 g/mol. The molecule has 3 rings (SSSR count). The van der Waals surface area contributed by atoms with Crippen LogP contribution >= 0.6 is 0 Å². The molecule has 1 amide bonds. The van der Waals surface area contributed by atoms with Crippen LogP contribution in [-0.4, -0.2) is 42.2 Å². The maximum atomic E-state index is 12.0. The summed E-state index contributed by atoms with van der Waals surface area (Å²) < 4.78 is 10.6. The fourth-order valence-electron chi connectivity index (χ4n) is 3.39. The standard InChI is InChI=1S/C20H27N3O3/c1-14(2)21-20(24)19-11-18(22-26-19)16-7-5-9-23(13-16)12-15-6-4-8-17(10-15)25-3/h4,6,8,10-11,14,16H,5,7,9,12-13H2,1-3H3,(H,21,24)/t16-/m1/s1. The molecule has 6 heteroatoms. The number of piperidine rings is 1. The third kappa shape index (κ3) is 4.64. The molecular formula is C20H27N3O3. The van der Waals surface area contributed by atoms with Crippen molar-refractivity contribution >= 4 is 5.91 Å². The Morgan fingerprint density at radius 2 is 2.27 bits per heavy atom. The van der Waals surface area contributed by atoms with Crippen LogP contribution in [0.15, 0.2) is 34.9 Å². The Bertz CT molecular complexity index is 741. The van der Waals surface area contributed by atoms with Crippen molar-refractivity contribution in [2.45, 2.75) is 45.2 Å². The maximum Gasteiger partial charge on any atom is 0.290 e. The summed E-state index contributed by atoms with van der Waals surface area (Å²) in [5.74, 6) is 1.26. The predicted octanol–water partition coefficient (Wildman–Crippen LogP) is 3.20. The number of hydrogen-bond donors (Lipinski definition) is 1. The number of hydrogen-bond acceptors (Lipinski definition) is 5. The van der Waals surface area contributed by atoms with Crippen molar-refractivity contribution in [2.75, 3.05) is 20.2 Å². The summed E-state index contributed by atoms with van der Waals surface area (Å²) in [5.41, 5.74) is 2.11. The first-order valence-corrected chi connectivity index (χ1v) is 9.18. The Hall–Kier alpha value is -2.34. The number of ether oxygens (including phenoxy) is 1. The molecule has 1 aliphatic rings. The zero-order valence-electron chi connectivity index (χ0n) is 15.7. The fraction of sp³-hybridized carbons (Fsp3) is 0.500. The molecule has 0 unspecified atom stereocenters. The summed E-state index contributed by atoms with van der Waals surface area (Å²) in [5, 5.41) is 6.99. The number of nitrogens with zero attached hydrogens (tertiary/aromatic N) is 2. The smallest absolute Gasteiger partial charge is 0.290 e. The van der Waals surface area contributed by atoms with E-state index < -0.39 is 0 Å². The van der Waals surface area contributed by atoms with Crippen molar-refractivity contribution in [2.24, 2.45) is 0 Å². The second kappa shape index (κ2) is 8.36. The highest BCUT2D eigenvalue weighted by atomic mass is 16.5. The van der Waals surface area contributed by atoms with Crippen molar-refractivity contribution in [3.05, 3.63) is 47.3 Å². The van der Waals surface area contributed by atoms with Crippen LogP contribution in [0, 0.1) is 0 Å². The maximum absolute atomic E-state index is 12.0. The largest absolute Gasteiger partial charge is 0.497 e. The molecule has 1 saturated heterocycles. The predicted molar refractivity (Wildman–Crippen MR) is 99.4 cm³/mol. The Balaban J connectivity index is 1.63. The minimum absolute atomic E-state index is 0.0732. The molecule has 1 aromatic heterocycles. The number of rotatable bonds is 6. The molecule has 0 aliphatic carbocycles. The van der Waals surface area contributed by atoms with E-state index in [1.807, 2.05) is 26.0 Å². The lowest BCUT2D eigenvalue weighted by Gasteiger charge is -2.31. The zero-order chi connectivity index (χ0) is 18.5. The first kappa shape index (κ1) is 18.5. The molecule has 6 nitrogen and oxygen atoms in total. The first-order valence-electron chi connectivity index (χ1n) is 9.18. The van der Waals surface area contributed by atoms with E-state index in [2.05, 4.69) is 27.5 Å². The minimum atomic E-state index is -0.206. The van der Waals surface area contributed by atoms with Crippen molar-refractivity contribution in [1.82, 2.24) is 15.4 Å². The average Bonchev–Trinajstić information content (AvgIpc) is 3.12. The lowest BCUT2D eigenvalue weighted by molar-refractivity contribution is 0.0905. The first-order chi connectivity index (χ1) is 12.5. The highest BCUT2D eigenvalue weighted by Crippen LogP contribution is 2.28. The third-order valence-electron chi connectivity index (χ3n) is 4.64. The van der Waals surface area contributed by atoms with Gasteiger partial charge in [0, 0.05) is 31.1 Å². The topological polar surface area (TPSA) is 67.6 Å². The number of methoxy groups -OCH3 is 1. The highest BCUT2D eigenvalue weighted by Gasteiger charge is 2.25. The van der Waals surface area contributed by atoms with Gasteiger partial charge in [-0.3, -0.25) is 9.69 Å². The Morgan fingerprint density at radius 3 is 3.04 bits per heavy atom. The van der Waals surface area contributed by atoms with Crippen LogP contribution in [0.1, 0.15) is 54.4 Å². The number of carbonyl (C=O) groups excluding carboxylic acids is 1. The molecule has 1 fully saturated rings. The number of nitrogens with one attached hydrogen (secondary N) is 1. The van der Waals surface area contributed by atoms with Gasteiger partial charge in [0.1, 0.15) is 5.75 Å². The normalized spacial score (nSPS) is 18.1. The van der Waals surface area contributed by atoms with Gasteiger partial charge >= 0.3 is 0 Å². The Kier molecular flexibility index (Phi) is 5.93. The van der Waals surface area contributed by atoms with E-state index >= 15 is 0 Å². The molecule has 0 spiro atoms. The Morgan fingerprint density at radius 1 is 1.42 bits per heavy atom. The molecular weight excluding hydrogens is 330 g/mol. The second-order valence-corrected chi connectivity index (χ2v) is 7.17. The van der Waals surface area contributed by atoms with E-state index in [0.29, 0.717) is 11.7 Å². The molecule has 1 aliphatic heterocycles. The van der Waals surface area contributed by atoms with Crippen LogP contribution in [0.3, 0.4) is 0 Å². The van der Waals surface area contributed by atoms with E-state index in [1.165, 1.54) is 5.56 Å². The summed E-state index contributed by atoms with van der Waals surface area (Å²) in [6.07, 6.45) is 2.17. The minimum Gasteiger partial charge on any atom is -0.497 e. The van der Waals surface area contributed by atoms with Gasteiger partial charge in [0.15, 0.2) is 0 Å². The van der Waals surface area contributed by atoms with Gasteiger partial charge in [0.25, 0.3) is 5.91 Å². The van der Waals surface area contributed by atoms with E-state index in [1.54, 1.807) is 13.2 Å². The molecule has 1 atom stereocenters.